The smallest absolute Gasteiger partial charge is 0.215 e. The Morgan fingerprint density at radius 1 is 1.55 bits per heavy atom. The van der Waals surface area contributed by atoms with Crippen molar-refractivity contribution in [3.8, 4) is 0 Å². The van der Waals surface area contributed by atoms with Gasteiger partial charge in [-0.15, -0.1) is 0 Å². The van der Waals surface area contributed by atoms with Crippen LogP contribution in [-0.4, -0.2) is 45.8 Å². The summed E-state index contributed by atoms with van der Waals surface area (Å²) in [5, 5.41) is -0.247. The third-order valence-corrected chi connectivity index (χ3v) is 3.15. The van der Waals surface area contributed by atoms with E-state index in [0.29, 0.717) is 4.98 Å². The third kappa shape index (κ3) is 3.59. The Morgan fingerprint density at radius 3 is 3.15 bits per heavy atom. The van der Waals surface area contributed by atoms with E-state index in [4.69, 9.17) is 20.6 Å². The maximum atomic E-state index is 12.5. The number of sulfonamides is 1. The summed E-state index contributed by atoms with van der Waals surface area (Å²) in [5.74, 6) is 0. The molecule has 5 nitrogen and oxygen atoms in total. The molecule has 0 aliphatic rings. The summed E-state index contributed by atoms with van der Waals surface area (Å²) in [7, 11) is -5.45. The van der Waals surface area contributed by atoms with Gasteiger partial charge in [0.1, 0.15) is 1.41 Å². The van der Waals surface area contributed by atoms with Crippen molar-refractivity contribution in [3.63, 3.8) is 0 Å². The van der Waals surface area contributed by atoms with Crippen LogP contribution >= 0.6 is 0 Å². The molecular weight excluding hydrogens is 274 g/mol. The van der Waals surface area contributed by atoms with Crippen LogP contribution in [0.3, 0.4) is 0 Å². The van der Waals surface area contributed by atoms with Gasteiger partial charge in [-0.2, -0.15) is 0 Å². The van der Waals surface area contributed by atoms with E-state index in [2.05, 4.69) is 0 Å². The van der Waals surface area contributed by atoms with E-state index in [1.54, 1.807) is 0 Å². The number of benzene rings is 1. The molecule has 0 fully saturated rings. The Morgan fingerprint density at radius 2 is 2.40 bits per heavy atom. The summed E-state index contributed by atoms with van der Waals surface area (Å²) in [6.07, 6.45) is -1.84. The van der Waals surface area contributed by atoms with Crippen LogP contribution < -0.4 is 4.72 Å². The monoisotopic (exact) mass is 310 g/mol. The highest BCUT2D eigenvalue weighted by Crippen LogP contribution is 2.21. The number of nitrogens with zero attached hydrogens (tertiary/aromatic N) is 1. The van der Waals surface area contributed by atoms with Crippen molar-refractivity contribution >= 4 is 20.9 Å². The Kier molecular flexibility index (Phi) is 1.44. The van der Waals surface area contributed by atoms with Crippen molar-refractivity contribution in [2.45, 2.75) is 12.1 Å². The average molecular weight is 310 g/mol. The van der Waals surface area contributed by atoms with Crippen LogP contribution in [0, 0.1) is 0 Å². The highest BCUT2D eigenvalue weighted by molar-refractivity contribution is 7.88. The lowest BCUT2D eigenvalue weighted by atomic mass is 10.1. The number of hydrogen-bond donors (Lipinski definition) is 2. The largest absolute Gasteiger partial charge is 0.361 e. The van der Waals surface area contributed by atoms with Crippen LogP contribution in [0.5, 0.6) is 0 Å². The summed E-state index contributed by atoms with van der Waals surface area (Å²) < 4.78 is 138. The SMILES string of the molecule is [2H]N(C([2H])([2H])[2H])S(=O)(=O)C([2H])([2H])c1ccc2c(c1)c(C([2H])([2H])CN(C([2H])([2H])[2H])C([2H])([2H])[2H])cn2[2H]. The number of rotatable bonds is 6. The minimum Gasteiger partial charge on any atom is -0.361 e. The molecule has 2 aromatic rings. The fourth-order valence-corrected chi connectivity index (χ4v) is 2.08. The predicted octanol–water partition coefficient (Wildman–Crippen LogP) is 1.32. The van der Waals surface area contributed by atoms with Crippen molar-refractivity contribution in [1.82, 2.24) is 14.6 Å². The van der Waals surface area contributed by atoms with E-state index < -0.39 is 65.4 Å². The fourth-order valence-electron chi connectivity index (χ4n) is 1.61. The predicted molar refractivity (Wildman–Crippen MR) is 82.2 cm³/mol. The van der Waals surface area contributed by atoms with Crippen LogP contribution in [0.2, 0.25) is 2.82 Å². The standard InChI is InChI=1S/C14H21N3O2S/c1-15-20(18,19)10-11-4-5-14-13(8-11)12(9-16-14)6-7-17(2)3/h4-5,8-9,15-16H,6-7,10H2,1-3H3/i1D3,2D3,3D3,6D2,10D2/hD2. The molecule has 0 radical (unpaired) electrons. The highest BCUT2D eigenvalue weighted by atomic mass is 32.2. The maximum Gasteiger partial charge on any atom is 0.215 e. The van der Waals surface area contributed by atoms with E-state index >= 15 is 0 Å². The molecule has 2 rings (SSSR count). The first-order valence-corrected chi connectivity index (χ1v) is 6.76. The van der Waals surface area contributed by atoms with Crippen LogP contribution in [-0.2, 0) is 22.1 Å². The van der Waals surface area contributed by atoms with Gasteiger partial charge in [0.25, 0.3) is 0 Å². The van der Waals surface area contributed by atoms with Crippen molar-refractivity contribution in [1.29, 1.82) is 0 Å². The molecule has 110 valence electrons. The molecule has 0 bridgehead atoms. The molecule has 0 atom stereocenters. The third-order valence-electron chi connectivity index (χ3n) is 2.41. The van der Waals surface area contributed by atoms with Gasteiger partial charge < -0.3 is 9.88 Å². The number of aromatic amines is 1. The van der Waals surface area contributed by atoms with Crippen molar-refractivity contribution < 1.29 is 29.1 Å². The van der Waals surface area contributed by atoms with Crippen LogP contribution in [0.15, 0.2) is 24.4 Å². The average Bonchev–Trinajstić information content (AvgIpc) is 3.00. The molecule has 1 aromatic carbocycles. The molecule has 0 spiro atoms. The van der Waals surface area contributed by atoms with Gasteiger partial charge in [0, 0.05) is 41.5 Å². The fraction of sp³-hybridized carbons (Fsp3) is 0.429. The van der Waals surface area contributed by atoms with Gasteiger partial charge in [0.2, 0.25) is 10.0 Å². The number of nitrogens with one attached hydrogen (secondary N) is 2. The molecule has 0 unspecified atom stereocenters. The van der Waals surface area contributed by atoms with Crippen LogP contribution in [0.1, 0.15) is 28.9 Å². The summed E-state index contributed by atoms with van der Waals surface area (Å²) in [5.41, 5.74) is -4.67. The Hall–Kier alpha value is -1.37. The van der Waals surface area contributed by atoms with E-state index in [-0.39, 0.29) is 15.8 Å². The normalized spacial score (nSPS) is 27.0. The first kappa shape index (κ1) is 4.83. The number of fused-ring (bicyclic) bond motifs is 1. The zero-order valence-corrected chi connectivity index (χ0v) is 10.9. The zero-order valence-electron chi connectivity index (χ0n) is 25.1. The maximum absolute atomic E-state index is 12.5. The zero-order chi connectivity index (χ0) is 27.6. The van der Waals surface area contributed by atoms with Gasteiger partial charge in [0.05, 0.1) is 5.70 Å². The van der Waals surface area contributed by atoms with Crippen molar-refractivity contribution in [2.75, 3.05) is 27.5 Å². The lowest BCUT2D eigenvalue weighted by molar-refractivity contribution is 0.414. The Balaban J connectivity index is 2.69. The summed E-state index contributed by atoms with van der Waals surface area (Å²) in [6, 6.07) is 2.79. The molecule has 0 saturated heterocycles. The van der Waals surface area contributed by atoms with Crippen LogP contribution in [0.4, 0.5) is 0 Å². The number of H-pyrrole nitrogens is 1. The van der Waals surface area contributed by atoms with Gasteiger partial charge in [0.15, 0.2) is 1.41 Å². The lowest BCUT2D eigenvalue weighted by Gasteiger charge is -2.08. The second kappa shape index (κ2) is 5.95. The van der Waals surface area contributed by atoms with Gasteiger partial charge in [-0.05, 0) is 50.6 Å². The molecule has 0 aliphatic carbocycles. The Bertz CT molecular complexity index is 1180. The molecule has 0 aliphatic heterocycles. The summed E-state index contributed by atoms with van der Waals surface area (Å²) >= 11 is 0. The molecule has 20 heavy (non-hydrogen) atoms. The molecule has 1 heterocycles. The second-order valence-electron chi connectivity index (χ2n) is 3.84. The number of aromatic nitrogens is 1. The number of hydrogen-bond acceptors (Lipinski definition) is 3. The Labute approximate surface area is 141 Å². The van der Waals surface area contributed by atoms with Crippen LogP contribution in [0.25, 0.3) is 10.9 Å². The lowest BCUT2D eigenvalue weighted by Crippen LogP contribution is -2.20. The quantitative estimate of drug-likeness (QED) is 0.846. The summed E-state index contributed by atoms with van der Waals surface area (Å²) in [4.78, 5) is 0.611. The van der Waals surface area contributed by atoms with Crippen molar-refractivity contribution in [3.05, 3.63) is 35.5 Å². The first-order valence-electron chi connectivity index (χ1n) is 12.7. The van der Waals surface area contributed by atoms with Gasteiger partial charge in [-0.3, -0.25) is 0 Å². The molecule has 0 saturated carbocycles. The molecule has 1 aromatic heterocycles. The van der Waals surface area contributed by atoms with Gasteiger partial charge in [-0.1, -0.05) is 6.07 Å². The molecular formula is C14H21N3O2S. The van der Waals surface area contributed by atoms with E-state index in [1.807, 2.05) is 0 Å². The van der Waals surface area contributed by atoms with E-state index in [1.165, 1.54) is 0 Å². The first-order chi connectivity index (χ1) is 15.3. The summed E-state index contributed by atoms with van der Waals surface area (Å²) in [6.45, 7) is -11.1. The minimum atomic E-state index is -5.45. The van der Waals surface area contributed by atoms with Crippen molar-refractivity contribution in [2.24, 2.45) is 0 Å². The topological polar surface area (TPSA) is 65.2 Å². The van der Waals surface area contributed by atoms with Gasteiger partial charge in [-0.25, -0.2) is 13.1 Å². The molecule has 2 N–H and O–H groups in total. The number of likely N-dealkylation sites (N-methyl/N-ethyl adjacent to an activating group) is 1. The van der Waals surface area contributed by atoms with E-state index in [0.717, 1.165) is 24.4 Å². The second-order valence-corrected chi connectivity index (χ2v) is 5.17. The molecule has 6 heteroatoms. The van der Waals surface area contributed by atoms with E-state index in [9.17, 15) is 8.42 Å². The minimum absolute atomic E-state index is 0.0327. The van der Waals surface area contributed by atoms with Gasteiger partial charge >= 0.3 is 0 Å². The molecule has 0 amide bonds. The highest BCUT2D eigenvalue weighted by Gasteiger charge is 2.11.